The van der Waals surface area contributed by atoms with E-state index in [1.165, 1.54) is 69.7 Å². The minimum absolute atomic E-state index is 0.287. The molecule has 0 bridgehead atoms. The summed E-state index contributed by atoms with van der Waals surface area (Å²) in [5, 5.41) is 8.67. The van der Waals surface area contributed by atoms with Crippen molar-refractivity contribution < 1.29 is 0 Å². The number of pyridine rings is 3. The van der Waals surface area contributed by atoms with Gasteiger partial charge in [0.05, 0.1) is 22.2 Å². The van der Waals surface area contributed by atoms with Gasteiger partial charge >= 0.3 is 0 Å². The standard InChI is InChI=1S/C55H37N3S/c1-2-14-38-37(13-1)47-29-33(20-22-39(47)40-23-21-34(30-48(38)40)46-31-36-12-8-26-56-53(36)54-42(46)17-9-27-57-54)32-10-7-11-35(28-32)52-45-25-24-43-41-15-4-6-19-50(41)59-55(43)51(45)44-16-3-5-18-49(44)58-52/h2-12,14-28,30-31,33,40,48H,1,13,29H2. The van der Waals surface area contributed by atoms with Crippen LogP contribution in [0.3, 0.4) is 0 Å². The molecule has 3 nitrogen and oxygen atoms in total. The molecule has 4 heteroatoms. The number of benzene rings is 5. The minimum Gasteiger partial charge on any atom is -0.254 e. The molecule has 0 radical (unpaired) electrons. The normalized spacial score (nSPS) is 19.9. The Morgan fingerprint density at radius 1 is 0.610 bits per heavy atom. The maximum absolute atomic E-state index is 5.39. The van der Waals surface area contributed by atoms with Crippen molar-refractivity contribution in [3.63, 3.8) is 0 Å². The number of allylic oxidation sites excluding steroid dienone is 12. The highest BCUT2D eigenvalue weighted by Gasteiger charge is 2.37. The van der Waals surface area contributed by atoms with Gasteiger partial charge in [-0.3, -0.25) is 9.97 Å². The lowest BCUT2D eigenvalue weighted by atomic mass is 9.64. The molecule has 9 aromatic rings. The molecular formula is C55H37N3S. The number of thiophene rings is 1. The summed E-state index contributed by atoms with van der Waals surface area (Å²) in [5.74, 6) is 0.889. The van der Waals surface area contributed by atoms with Crippen LogP contribution in [0.4, 0.5) is 0 Å². The molecule has 4 heterocycles. The number of hydrogen-bond donors (Lipinski definition) is 0. The van der Waals surface area contributed by atoms with Crippen LogP contribution in [0.25, 0.3) is 80.5 Å². The Hall–Kier alpha value is -6.75. The highest BCUT2D eigenvalue weighted by Crippen LogP contribution is 2.52. The Balaban J connectivity index is 0.886. The third-order valence-electron chi connectivity index (χ3n) is 13.4. The first-order chi connectivity index (χ1) is 29.2. The Morgan fingerprint density at radius 3 is 2.41 bits per heavy atom. The summed E-state index contributed by atoms with van der Waals surface area (Å²) in [7, 11) is 0. The van der Waals surface area contributed by atoms with E-state index in [2.05, 4.69) is 146 Å². The predicted molar refractivity (Wildman–Crippen MR) is 248 cm³/mol. The Kier molecular flexibility index (Phi) is 7.26. The van der Waals surface area contributed by atoms with Crippen LogP contribution >= 0.6 is 11.3 Å². The summed E-state index contributed by atoms with van der Waals surface area (Å²) in [6.07, 6.45) is 24.1. The fourth-order valence-electron chi connectivity index (χ4n) is 10.7. The van der Waals surface area contributed by atoms with Crippen LogP contribution in [0.5, 0.6) is 0 Å². The summed E-state index contributed by atoms with van der Waals surface area (Å²) < 4.78 is 2.67. The fraction of sp³-hybridized carbons (Fsp3) is 0.109. The molecule has 4 aromatic heterocycles. The number of nitrogens with zero attached hydrogens (tertiary/aromatic N) is 3. The van der Waals surface area contributed by atoms with E-state index in [9.17, 15) is 0 Å². The second-order valence-corrected chi connectivity index (χ2v) is 17.5. The number of rotatable bonds is 3. The van der Waals surface area contributed by atoms with Crippen molar-refractivity contribution in [2.45, 2.75) is 25.2 Å². The van der Waals surface area contributed by atoms with Crippen LogP contribution in [-0.2, 0) is 0 Å². The van der Waals surface area contributed by atoms with Gasteiger partial charge in [0.1, 0.15) is 0 Å². The van der Waals surface area contributed by atoms with E-state index in [0.717, 1.165) is 52.3 Å². The summed E-state index contributed by atoms with van der Waals surface area (Å²) in [6.45, 7) is 0. The van der Waals surface area contributed by atoms with Gasteiger partial charge in [0.25, 0.3) is 0 Å². The second kappa shape index (κ2) is 12.9. The molecule has 0 N–H and O–H groups in total. The van der Waals surface area contributed by atoms with Crippen LogP contribution < -0.4 is 0 Å². The van der Waals surface area contributed by atoms with Gasteiger partial charge in [-0.25, -0.2) is 4.98 Å². The van der Waals surface area contributed by atoms with Gasteiger partial charge in [-0.1, -0.05) is 121 Å². The summed E-state index contributed by atoms with van der Waals surface area (Å²) >= 11 is 1.90. The molecule has 0 saturated carbocycles. The molecule has 3 unspecified atom stereocenters. The average molecular weight is 772 g/mol. The number of aromatic nitrogens is 3. The molecule has 0 fully saturated rings. The highest BCUT2D eigenvalue weighted by molar-refractivity contribution is 7.26. The topological polar surface area (TPSA) is 38.7 Å². The van der Waals surface area contributed by atoms with Gasteiger partial charge in [-0.05, 0) is 94.7 Å². The quantitative estimate of drug-likeness (QED) is 0.168. The van der Waals surface area contributed by atoms with Crippen LogP contribution in [0.15, 0.2) is 192 Å². The zero-order chi connectivity index (χ0) is 38.6. The molecular weight excluding hydrogens is 735 g/mol. The Morgan fingerprint density at radius 2 is 1.44 bits per heavy atom. The molecule has 3 atom stereocenters. The molecule has 0 amide bonds. The van der Waals surface area contributed by atoms with Crippen molar-refractivity contribution in [2.24, 2.45) is 11.8 Å². The highest BCUT2D eigenvalue weighted by atomic mass is 32.1. The second-order valence-electron chi connectivity index (χ2n) is 16.5. The zero-order valence-electron chi connectivity index (χ0n) is 32.3. The zero-order valence-corrected chi connectivity index (χ0v) is 33.1. The average Bonchev–Trinajstić information content (AvgIpc) is 3.70. The maximum Gasteiger partial charge on any atom is 0.0970 e. The van der Waals surface area contributed by atoms with Crippen LogP contribution in [0, 0.1) is 11.8 Å². The first-order valence-corrected chi connectivity index (χ1v) is 21.6. The van der Waals surface area contributed by atoms with Crippen LogP contribution in [-0.4, -0.2) is 15.0 Å². The lowest BCUT2D eigenvalue weighted by molar-refractivity contribution is 0.575. The van der Waals surface area contributed by atoms with Gasteiger partial charge in [0.15, 0.2) is 0 Å². The van der Waals surface area contributed by atoms with E-state index < -0.39 is 0 Å². The van der Waals surface area contributed by atoms with Crippen molar-refractivity contribution in [2.75, 3.05) is 0 Å². The van der Waals surface area contributed by atoms with Gasteiger partial charge < -0.3 is 0 Å². The number of fused-ring (bicyclic) bond motifs is 14. The molecule has 0 aliphatic heterocycles. The molecule has 4 aliphatic rings. The number of para-hydroxylation sites is 1. The molecule has 59 heavy (non-hydrogen) atoms. The lowest BCUT2D eigenvalue weighted by Crippen LogP contribution is -2.27. The van der Waals surface area contributed by atoms with Crippen LogP contribution in [0.2, 0.25) is 0 Å². The minimum atomic E-state index is 0.287. The summed E-state index contributed by atoms with van der Waals surface area (Å²) in [5.41, 5.74) is 15.1. The van der Waals surface area contributed by atoms with Crippen molar-refractivity contribution in [3.05, 3.63) is 204 Å². The lowest BCUT2D eigenvalue weighted by Gasteiger charge is -2.40. The molecule has 0 saturated heterocycles. The van der Waals surface area contributed by atoms with Crippen molar-refractivity contribution >= 4 is 80.6 Å². The van der Waals surface area contributed by atoms with Crippen molar-refractivity contribution in [1.82, 2.24) is 15.0 Å². The molecule has 0 spiro atoms. The van der Waals surface area contributed by atoms with E-state index in [1.54, 1.807) is 11.1 Å². The molecule has 278 valence electrons. The van der Waals surface area contributed by atoms with Gasteiger partial charge in [0, 0.05) is 82.8 Å². The van der Waals surface area contributed by atoms with Gasteiger partial charge in [-0.15, -0.1) is 11.3 Å². The van der Waals surface area contributed by atoms with E-state index >= 15 is 0 Å². The third-order valence-corrected chi connectivity index (χ3v) is 14.6. The van der Waals surface area contributed by atoms with E-state index in [4.69, 9.17) is 15.0 Å². The van der Waals surface area contributed by atoms with Crippen molar-refractivity contribution in [3.8, 4) is 11.3 Å². The largest absolute Gasteiger partial charge is 0.254 e. The summed E-state index contributed by atoms with van der Waals surface area (Å²) in [4.78, 5) is 14.9. The first kappa shape index (κ1) is 33.2. The number of hydrogen-bond acceptors (Lipinski definition) is 4. The first-order valence-electron chi connectivity index (χ1n) is 20.8. The van der Waals surface area contributed by atoms with E-state index in [1.807, 2.05) is 35.9 Å². The summed E-state index contributed by atoms with van der Waals surface area (Å²) in [6, 6.07) is 42.1. The van der Waals surface area contributed by atoms with E-state index in [-0.39, 0.29) is 5.92 Å². The molecule has 4 aliphatic carbocycles. The van der Waals surface area contributed by atoms with Gasteiger partial charge in [-0.2, -0.15) is 0 Å². The monoisotopic (exact) mass is 771 g/mol. The smallest absolute Gasteiger partial charge is 0.0970 e. The predicted octanol–water partition coefficient (Wildman–Crippen LogP) is 14.4. The Labute approximate surface area is 345 Å². The third kappa shape index (κ3) is 5.03. The fourth-order valence-corrected chi connectivity index (χ4v) is 12.0. The van der Waals surface area contributed by atoms with Crippen molar-refractivity contribution in [1.29, 1.82) is 0 Å². The SMILES string of the molecule is C1=CC2=C(CC1)C1=C(C=CC(c3cccc(-c4nc5ccccc5c5c4ccc4c6ccccc6sc45)c3)C1)C1C=CC(c3cc4cccnc4c4ncccc34)=CC21. The maximum atomic E-state index is 5.39. The molecule has 5 aromatic carbocycles. The molecule has 13 rings (SSSR count). The van der Waals surface area contributed by atoms with Crippen LogP contribution in [0.1, 0.15) is 36.3 Å². The van der Waals surface area contributed by atoms with Gasteiger partial charge in [0.2, 0.25) is 0 Å². The van der Waals surface area contributed by atoms with E-state index in [0.29, 0.717) is 11.8 Å². The Bertz CT molecular complexity index is 3500.